The molecule has 0 fully saturated rings. The van der Waals surface area contributed by atoms with Crippen LogP contribution in [0.4, 0.5) is 5.69 Å². The molecule has 5 aromatic rings. The molecule has 4 aromatic carbocycles. The zero-order valence-electron chi connectivity index (χ0n) is 19.3. The Bertz CT molecular complexity index is 1430. The van der Waals surface area contributed by atoms with E-state index in [4.69, 9.17) is 0 Å². The second-order valence-corrected chi connectivity index (χ2v) is 9.18. The molecule has 0 bridgehead atoms. The Kier molecular flexibility index (Phi) is 6.73. The molecular weight excluding hydrogens is 448 g/mol. The standard InChI is InChI=1S/C22H17NOS.C9H7N/c1-23-19-9-5-6-10-21(19)25-22(23)15-20(24)18-13-11-17(12-14-18)16-7-3-2-4-8-16;1-2-6-9-8(4-1)5-3-7-10-9/h2-15H,1H3;1-7H. The highest BCUT2D eigenvalue weighted by atomic mass is 32.2. The molecule has 4 heteroatoms. The third kappa shape index (κ3) is 5.18. The molecule has 0 N–H and O–H groups in total. The van der Waals surface area contributed by atoms with Gasteiger partial charge in [-0.25, -0.2) is 0 Å². The van der Waals surface area contributed by atoms with Crippen molar-refractivity contribution in [1.29, 1.82) is 0 Å². The van der Waals surface area contributed by atoms with Gasteiger partial charge in [-0.1, -0.05) is 103 Å². The van der Waals surface area contributed by atoms with Crippen molar-refractivity contribution < 1.29 is 4.79 Å². The lowest BCUT2D eigenvalue weighted by molar-refractivity contribution is 0.104. The van der Waals surface area contributed by atoms with Gasteiger partial charge in [-0.15, -0.1) is 0 Å². The zero-order valence-corrected chi connectivity index (χ0v) is 20.2. The summed E-state index contributed by atoms with van der Waals surface area (Å²) in [5.41, 5.74) is 5.18. The van der Waals surface area contributed by atoms with E-state index < -0.39 is 0 Å². The van der Waals surface area contributed by atoms with Gasteiger partial charge >= 0.3 is 0 Å². The molecule has 1 aromatic heterocycles. The summed E-state index contributed by atoms with van der Waals surface area (Å²) < 4.78 is 0. The molecule has 0 amide bonds. The van der Waals surface area contributed by atoms with E-state index in [0.717, 1.165) is 27.4 Å². The molecule has 3 nitrogen and oxygen atoms in total. The smallest absolute Gasteiger partial charge is 0.188 e. The van der Waals surface area contributed by atoms with Crippen molar-refractivity contribution in [2.24, 2.45) is 0 Å². The quantitative estimate of drug-likeness (QED) is 0.198. The molecule has 0 radical (unpaired) electrons. The number of fused-ring (bicyclic) bond motifs is 2. The first-order chi connectivity index (χ1) is 17.2. The fourth-order valence-corrected chi connectivity index (χ4v) is 5.00. The van der Waals surface area contributed by atoms with E-state index in [9.17, 15) is 4.79 Å². The van der Waals surface area contributed by atoms with Gasteiger partial charge in [0.2, 0.25) is 0 Å². The number of para-hydroxylation sites is 2. The summed E-state index contributed by atoms with van der Waals surface area (Å²) in [6.07, 6.45) is 3.53. The van der Waals surface area contributed by atoms with Crippen LogP contribution >= 0.6 is 11.8 Å². The van der Waals surface area contributed by atoms with E-state index in [1.807, 2.05) is 92.1 Å². The minimum atomic E-state index is 0.0294. The molecule has 1 aliphatic rings. The number of carbonyl (C=O) groups excluding carboxylic acids is 1. The van der Waals surface area contributed by atoms with Crippen LogP contribution in [0.15, 0.2) is 137 Å². The molecule has 0 atom stereocenters. The predicted octanol–water partition coefficient (Wildman–Crippen LogP) is 7.85. The summed E-state index contributed by atoms with van der Waals surface area (Å²) in [4.78, 5) is 20.1. The normalized spacial score (nSPS) is 13.3. The SMILES string of the molecule is CN1C(=CC(=O)c2ccc(-c3ccccc3)cc2)Sc2ccccc21.c1ccc2ncccc2c1. The number of ketones is 1. The van der Waals surface area contributed by atoms with Crippen molar-refractivity contribution >= 4 is 34.1 Å². The third-order valence-corrected chi connectivity index (χ3v) is 6.98. The van der Waals surface area contributed by atoms with Crippen molar-refractivity contribution in [3.8, 4) is 11.1 Å². The summed E-state index contributed by atoms with van der Waals surface area (Å²) in [5, 5.41) is 2.16. The van der Waals surface area contributed by atoms with Gasteiger partial charge in [0.05, 0.1) is 16.2 Å². The Morgan fingerprint density at radius 1 is 0.743 bits per heavy atom. The highest BCUT2D eigenvalue weighted by Crippen LogP contribution is 2.44. The first kappa shape index (κ1) is 22.6. The number of rotatable bonds is 3. The maximum Gasteiger partial charge on any atom is 0.188 e. The monoisotopic (exact) mass is 472 g/mol. The van der Waals surface area contributed by atoms with Crippen LogP contribution in [0.5, 0.6) is 0 Å². The molecule has 0 saturated heterocycles. The van der Waals surface area contributed by atoms with E-state index in [0.29, 0.717) is 5.56 Å². The Hall–Kier alpha value is -4.15. The number of thioether (sulfide) groups is 1. The summed E-state index contributed by atoms with van der Waals surface area (Å²) in [7, 11) is 2.00. The molecule has 6 rings (SSSR count). The van der Waals surface area contributed by atoms with Crippen LogP contribution in [-0.4, -0.2) is 17.8 Å². The molecule has 0 spiro atoms. The number of hydrogen-bond donors (Lipinski definition) is 0. The number of nitrogens with zero attached hydrogens (tertiary/aromatic N) is 2. The van der Waals surface area contributed by atoms with Crippen LogP contribution in [0.1, 0.15) is 10.4 Å². The number of anilines is 1. The first-order valence-corrected chi connectivity index (χ1v) is 12.2. The Labute approximate surface area is 209 Å². The Morgan fingerprint density at radius 2 is 1.40 bits per heavy atom. The van der Waals surface area contributed by atoms with Crippen LogP contribution < -0.4 is 4.90 Å². The van der Waals surface area contributed by atoms with Gasteiger partial charge in [0.1, 0.15) is 0 Å². The second-order valence-electron chi connectivity index (χ2n) is 8.12. The zero-order chi connectivity index (χ0) is 24.0. The van der Waals surface area contributed by atoms with Gasteiger partial charge in [-0.2, -0.15) is 0 Å². The molecular formula is C31H24N2OS. The van der Waals surface area contributed by atoms with E-state index in [1.165, 1.54) is 10.3 Å². The molecule has 170 valence electrons. The fourth-order valence-electron chi connectivity index (χ4n) is 3.92. The average Bonchev–Trinajstić information content (AvgIpc) is 3.24. The van der Waals surface area contributed by atoms with E-state index in [2.05, 4.69) is 46.3 Å². The number of hydrogen-bond acceptors (Lipinski definition) is 4. The minimum Gasteiger partial charge on any atom is -0.338 e. The highest BCUT2D eigenvalue weighted by Gasteiger charge is 2.22. The summed E-state index contributed by atoms with van der Waals surface area (Å²) >= 11 is 1.63. The maximum absolute atomic E-state index is 12.6. The minimum absolute atomic E-state index is 0.0294. The summed E-state index contributed by atoms with van der Waals surface area (Å²) in [6.45, 7) is 0. The van der Waals surface area contributed by atoms with Gasteiger partial charge in [0, 0.05) is 35.2 Å². The lowest BCUT2D eigenvalue weighted by Gasteiger charge is -2.13. The fraction of sp³-hybridized carbons (Fsp3) is 0.0323. The molecule has 35 heavy (non-hydrogen) atoms. The van der Waals surface area contributed by atoms with Gasteiger partial charge in [0.15, 0.2) is 5.78 Å². The van der Waals surface area contributed by atoms with Crippen LogP contribution in [0.2, 0.25) is 0 Å². The molecule has 0 aliphatic carbocycles. The number of carbonyl (C=O) groups is 1. The van der Waals surface area contributed by atoms with E-state index >= 15 is 0 Å². The van der Waals surface area contributed by atoms with E-state index in [-0.39, 0.29) is 5.78 Å². The Morgan fingerprint density at radius 3 is 2.17 bits per heavy atom. The van der Waals surface area contributed by atoms with Crippen molar-refractivity contribution in [3.63, 3.8) is 0 Å². The van der Waals surface area contributed by atoms with Crippen molar-refractivity contribution in [2.75, 3.05) is 11.9 Å². The molecule has 1 aliphatic heterocycles. The highest BCUT2D eigenvalue weighted by molar-refractivity contribution is 8.03. The van der Waals surface area contributed by atoms with Gasteiger partial charge in [0.25, 0.3) is 0 Å². The predicted molar refractivity (Wildman–Crippen MR) is 147 cm³/mol. The van der Waals surface area contributed by atoms with Crippen LogP contribution in [-0.2, 0) is 0 Å². The van der Waals surface area contributed by atoms with Crippen molar-refractivity contribution in [2.45, 2.75) is 4.90 Å². The number of allylic oxidation sites excluding steroid dienone is 1. The molecule has 0 unspecified atom stereocenters. The van der Waals surface area contributed by atoms with Gasteiger partial charge in [-0.05, 0) is 35.4 Å². The summed E-state index contributed by atoms with van der Waals surface area (Å²) in [6, 6.07) is 38.2. The first-order valence-electron chi connectivity index (χ1n) is 11.4. The van der Waals surface area contributed by atoms with Gasteiger partial charge in [-0.3, -0.25) is 9.78 Å². The second kappa shape index (κ2) is 10.4. The van der Waals surface area contributed by atoms with E-state index in [1.54, 1.807) is 17.8 Å². The number of aromatic nitrogens is 1. The van der Waals surface area contributed by atoms with Crippen LogP contribution in [0.25, 0.3) is 22.0 Å². The van der Waals surface area contributed by atoms with Crippen molar-refractivity contribution in [1.82, 2.24) is 4.98 Å². The lowest BCUT2D eigenvalue weighted by atomic mass is 10.0. The largest absolute Gasteiger partial charge is 0.338 e. The lowest BCUT2D eigenvalue weighted by Crippen LogP contribution is -2.11. The average molecular weight is 473 g/mol. The van der Waals surface area contributed by atoms with Crippen molar-refractivity contribution in [3.05, 3.63) is 138 Å². The number of benzene rings is 4. The molecule has 0 saturated carbocycles. The topological polar surface area (TPSA) is 33.2 Å². The maximum atomic E-state index is 12.6. The van der Waals surface area contributed by atoms with Crippen LogP contribution in [0, 0.1) is 0 Å². The molecule has 2 heterocycles. The number of pyridine rings is 1. The Balaban J connectivity index is 0.000000211. The summed E-state index contributed by atoms with van der Waals surface area (Å²) in [5.74, 6) is 0.0294. The third-order valence-electron chi connectivity index (χ3n) is 5.82. The van der Waals surface area contributed by atoms with Crippen LogP contribution in [0.3, 0.4) is 0 Å². The van der Waals surface area contributed by atoms with Gasteiger partial charge < -0.3 is 4.90 Å².